The Morgan fingerprint density at radius 2 is 1.91 bits per heavy atom. The molecule has 0 aliphatic rings. The van der Waals surface area contributed by atoms with Gasteiger partial charge in [0.05, 0.1) is 18.0 Å². The van der Waals surface area contributed by atoms with Gasteiger partial charge in [-0.25, -0.2) is 0 Å². The summed E-state index contributed by atoms with van der Waals surface area (Å²) in [5, 5.41) is 3.92. The Kier molecular flexibility index (Phi) is 4.49. The number of rotatable bonds is 4. The number of hydrogen-bond acceptors (Lipinski definition) is 3. The molecule has 3 rings (SSSR count). The molecule has 1 heterocycles. The van der Waals surface area contributed by atoms with Gasteiger partial charge in [0.1, 0.15) is 0 Å². The second-order valence-electron chi connectivity index (χ2n) is 5.62. The number of hydrogen-bond donors (Lipinski definition) is 0. The fraction of sp³-hybridized carbons (Fsp3) is 0.263. The van der Waals surface area contributed by atoms with Crippen LogP contribution < -0.4 is 0 Å². The first-order valence-corrected chi connectivity index (χ1v) is 8.11. The maximum Gasteiger partial charge on any atom is 0.309 e. The number of esters is 1. The number of aromatic nitrogens is 1. The maximum atomic E-state index is 11.9. The molecule has 0 bridgehead atoms. The van der Waals surface area contributed by atoms with Crippen molar-refractivity contribution in [1.82, 2.24) is 4.98 Å². The third-order valence-electron chi connectivity index (χ3n) is 3.93. The van der Waals surface area contributed by atoms with Crippen LogP contribution in [0.2, 0.25) is 5.02 Å². The van der Waals surface area contributed by atoms with E-state index in [0.717, 1.165) is 27.4 Å². The van der Waals surface area contributed by atoms with Crippen LogP contribution in [0.3, 0.4) is 0 Å². The molecule has 118 valence electrons. The summed E-state index contributed by atoms with van der Waals surface area (Å²) in [5.41, 5.74) is 1.75. The molecule has 1 unspecified atom stereocenters. The van der Waals surface area contributed by atoms with Gasteiger partial charge in [0.2, 0.25) is 0 Å². The first-order valence-electron chi connectivity index (χ1n) is 7.73. The Labute approximate surface area is 140 Å². The molecular weight excluding hydrogens is 310 g/mol. The predicted octanol–water partition coefficient (Wildman–Crippen LogP) is 4.78. The van der Waals surface area contributed by atoms with Gasteiger partial charge >= 0.3 is 5.97 Å². The zero-order valence-corrected chi connectivity index (χ0v) is 13.9. The Bertz CT molecular complexity index is 876. The highest BCUT2D eigenvalue weighted by molar-refractivity contribution is 6.31. The number of carbonyl (C=O) groups excluding carboxylic acids is 1. The van der Waals surface area contributed by atoms with Crippen molar-refractivity contribution in [3.8, 4) is 0 Å². The molecule has 4 heteroatoms. The van der Waals surface area contributed by atoms with E-state index in [2.05, 4.69) is 6.07 Å². The van der Waals surface area contributed by atoms with Crippen molar-refractivity contribution in [3.05, 3.63) is 53.2 Å². The van der Waals surface area contributed by atoms with E-state index in [4.69, 9.17) is 21.3 Å². The van der Waals surface area contributed by atoms with E-state index < -0.39 is 0 Å². The molecule has 1 atom stereocenters. The SMILES string of the molecule is CCOC(=O)C(C)Cc1nc2cc(Cl)ccc2c2ccccc12. The molecular formula is C19H18ClNO2. The van der Waals surface area contributed by atoms with Crippen LogP contribution in [-0.4, -0.2) is 17.6 Å². The summed E-state index contributed by atoms with van der Waals surface area (Å²) in [6, 6.07) is 13.8. The van der Waals surface area contributed by atoms with E-state index in [9.17, 15) is 4.79 Å². The topological polar surface area (TPSA) is 39.2 Å². The van der Waals surface area contributed by atoms with Crippen LogP contribution in [0, 0.1) is 5.92 Å². The average Bonchev–Trinajstić information content (AvgIpc) is 2.54. The zero-order chi connectivity index (χ0) is 16.4. The summed E-state index contributed by atoms with van der Waals surface area (Å²) < 4.78 is 5.11. The molecule has 0 aliphatic carbocycles. The molecule has 3 nitrogen and oxygen atoms in total. The molecule has 0 fully saturated rings. The molecule has 2 aromatic carbocycles. The molecule has 3 aromatic rings. The minimum atomic E-state index is -0.234. The Balaban J connectivity index is 2.12. The number of nitrogens with zero attached hydrogens (tertiary/aromatic N) is 1. The largest absolute Gasteiger partial charge is 0.466 e. The molecule has 0 saturated carbocycles. The second-order valence-corrected chi connectivity index (χ2v) is 6.06. The molecule has 0 N–H and O–H groups in total. The molecule has 23 heavy (non-hydrogen) atoms. The van der Waals surface area contributed by atoms with Crippen LogP contribution in [0.15, 0.2) is 42.5 Å². The quantitative estimate of drug-likeness (QED) is 0.511. The lowest BCUT2D eigenvalue weighted by molar-refractivity contribution is -0.147. The van der Waals surface area contributed by atoms with Crippen LogP contribution in [0.4, 0.5) is 0 Å². The highest BCUT2D eigenvalue weighted by Gasteiger charge is 2.18. The normalized spacial score (nSPS) is 12.5. The van der Waals surface area contributed by atoms with Crippen molar-refractivity contribution < 1.29 is 9.53 Å². The smallest absolute Gasteiger partial charge is 0.309 e. The van der Waals surface area contributed by atoms with Crippen molar-refractivity contribution in [2.75, 3.05) is 6.61 Å². The first kappa shape index (κ1) is 15.8. The average molecular weight is 328 g/mol. The van der Waals surface area contributed by atoms with Gasteiger partial charge < -0.3 is 4.74 Å². The fourth-order valence-corrected chi connectivity index (χ4v) is 2.98. The van der Waals surface area contributed by atoms with E-state index in [-0.39, 0.29) is 11.9 Å². The van der Waals surface area contributed by atoms with E-state index in [0.29, 0.717) is 18.1 Å². The van der Waals surface area contributed by atoms with Crippen molar-refractivity contribution in [2.24, 2.45) is 5.92 Å². The molecule has 0 amide bonds. The van der Waals surface area contributed by atoms with Gasteiger partial charge in [-0.05, 0) is 24.4 Å². The highest BCUT2D eigenvalue weighted by Crippen LogP contribution is 2.29. The predicted molar refractivity (Wildman–Crippen MR) is 93.8 cm³/mol. The number of carbonyl (C=O) groups is 1. The third kappa shape index (κ3) is 3.15. The maximum absolute atomic E-state index is 11.9. The zero-order valence-electron chi connectivity index (χ0n) is 13.2. The van der Waals surface area contributed by atoms with Crippen LogP contribution in [0.25, 0.3) is 21.7 Å². The summed E-state index contributed by atoms with van der Waals surface area (Å²) in [7, 11) is 0. The Morgan fingerprint density at radius 1 is 1.17 bits per heavy atom. The van der Waals surface area contributed by atoms with Crippen molar-refractivity contribution in [2.45, 2.75) is 20.3 Å². The third-order valence-corrected chi connectivity index (χ3v) is 4.17. The van der Waals surface area contributed by atoms with Crippen LogP contribution >= 0.6 is 11.6 Å². The van der Waals surface area contributed by atoms with Gasteiger partial charge in [-0.2, -0.15) is 0 Å². The Morgan fingerprint density at radius 3 is 2.65 bits per heavy atom. The highest BCUT2D eigenvalue weighted by atomic mass is 35.5. The van der Waals surface area contributed by atoms with E-state index >= 15 is 0 Å². The lowest BCUT2D eigenvalue weighted by atomic mass is 9.98. The summed E-state index contributed by atoms with van der Waals surface area (Å²) >= 11 is 6.11. The number of pyridine rings is 1. The van der Waals surface area contributed by atoms with E-state index in [1.54, 1.807) is 0 Å². The van der Waals surface area contributed by atoms with Gasteiger partial charge in [-0.15, -0.1) is 0 Å². The molecule has 1 aromatic heterocycles. The lowest BCUT2D eigenvalue weighted by Gasteiger charge is -2.13. The van der Waals surface area contributed by atoms with Gasteiger partial charge in [0.15, 0.2) is 0 Å². The van der Waals surface area contributed by atoms with Crippen molar-refractivity contribution in [3.63, 3.8) is 0 Å². The summed E-state index contributed by atoms with van der Waals surface area (Å²) in [5.74, 6) is -0.424. The first-order chi connectivity index (χ1) is 11.1. The van der Waals surface area contributed by atoms with E-state index in [1.807, 2.05) is 50.2 Å². The fourth-order valence-electron chi connectivity index (χ4n) is 2.81. The molecule has 0 aliphatic heterocycles. The summed E-state index contributed by atoms with van der Waals surface area (Å²) in [6.07, 6.45) is 0.543. The van der Waals surface area contributed by atoms with Crippen LogP contribution in [0.5, 0.6) is 0 Å². The molecule has 0 saturated heterocycles. The minimum absolute atomic E-state index is 0.190. The lowest BCUT2D eigenvalue weighted by Crippen LogP contribution is -2.17. The number of benzene rings is 2. The van der Waals surface area contributed by atoms with E-state index in [1.165, 1.54) is 0 Å². The molecule has 0 radical (unpaired) electrons. The van der Waals surface area contributed by atoms with Crippen LogP contribution in [-0.2, 0) is 16.0 Å². The number of ether oxygens (including phenoxy) is 1. The number of fused-ring (bicyclic) bond motifs is 3. The van der Waals surface area contributed by atoms with Gasteiger partial charge in [0.25, 0.3) is 0 Å². The van der Waals surface area contributed by atoms with Gasteiger partial charge in [0, 0.05) is 27.9 Å². The monoisotopic (exact) mass is 327 g/mol. The van der Waals surface area contributed by atoms with Crippen molar-refractivity contribution >= 4 is 39.2 Å². The Hall–Kier alpha value is -2.13. The van der Waals surface area contributed by atoms with Crippen LogP contribution in [0.1, 0.15) is 19.5 Å². The van der Waals surface area contributed by atoms with Gasteiger partial charge in [-0.1, -0.05) is 48.9 Å². The molecule has 0 spiro atoms. The second kappa shape index (κ2) is 6.55. The standard InChI is InChI=1S/C19H18ClNO2/c1-3-23-19(22)12(2)10-17-15-7-5-4-6-14(15)16-9-8-13(20)11-18(16)21-17/h4-9,11-12H,3,10H2,1-2H3. The van der Waals surface area contributed by atoms with Gasteiger partial charge in [-0.3, -0.25) is 9.78 Å². The van der Waals surface area contributed by atoms with Crippen molar-refractivity contribution in [1.29, 1.82) is 0 Å². The minimum Gasteiger partial charge on any atom is -0.466 e. The number of halogens is 1. The summed E-state index contributed by atoms with van der Waals surface area (Å²) in [4.78, 5) is 16.7. The summed E-state index contributed by atoms with van der Waals surface area (Å²) in [6.45, 7) is 4.08.